The van der Waals surface area contributed by atoms with Crippen LogP contribution < -0.4 is 5.43 Å². The summed E-state index contributed by atoms with van der Waals surface area (Å²) in [5, 5.41) is 4.43. The highest BCUT2D eigenvalue weighted by Crippen LogP contribution is 2.21. The number of aromatic amines is 1. The third-order valence-electron chi connectivity index (χ3n) is 3.80. The first-order chi connectivity index (χ1) is 11.6. The molecule has 0 aliphatic rings. The third-order valence-corrected chi connectivity index (χ3v) is 3.80. The standard InChI is InChI=1S/C18H12FN3O2/c1-10-2-7-15-13(8-10)16(23)14(9-20-15)18-21-17(22-24-18)11-3-5-12(19)6-4-11/h2-9H,1H3,(H,20,23). The monoisotopic (exact) mass is 321 g/mol. The van der Waals surface area contributed by atoms with Gasteiger partial charge in [0.15, 0.2) is 0 Å². The summed E-state index contributed by atoms with van der Waals surface area (Å²) in [4.78, 5) is 20.0. The molecule has 0 fully saturated rings. The number of hydrogen-bond acceptors (Lipinski definition) is 4. The van der Waals surface area contributed by atoms with Crippen LogP contribution in [0.15, 0.2) is 58.0 Å². The van der Waals surface area contributed by atoms with Crippen LogP contribution in [0.25, 0.3) is 33.7 Å². The second-order valence-electron chi connectivity index (χ2n) is 5.51. The van der Waals surface area contributed by atoms with Crippen molar-refractivity contribution >= 4 is 10.9 Å². The lowest BCUT2D eigenvalue weighted by Crippen LogP contribution is -2.06. The summed E-state index contributed by atoms with van der Waals surface area (Å²) in [6.45, 7) is 1.92. The predicted molar refractivity (Wildman–Crippen MR) is 88.0 cm³/mol. The molecule has 0 radical (unpaired) electrons. The van der Waals surface area contributed by atoms with Gasteiger partial charge in [-0.3, -0.25) is 4.79 Å². The molecule has 4 rings (SSSR count). The summed E-state index contributed by atoms with van der Waals surface area (Å²) in [7, 11) is 0. The van der Waals surface area contributed by atoms with Crippen molar-refractivity contribution in [2.45, 2.75) is 6.92 Å². The summed E-state index contributed by atoms with van der Waals surface area (Å²) in [5.74, 6) is 0.0801. The Morgan fingerprint density at radius 3 is 2.71 bits per heavy atom. The van der Waals surface area contributed by atoms with E-state index in [9.17, 15) is 9.18 Å². The van der Waals surface area contributed by atoms with E-state index in [1.54, 1.807) is 18.3 Å². The number of rotatable bonds is 2. The van der Waals surface area contributed by atoms with Gasteiger partial charge in [0.1, 0.15) is 11.4 Å². The lowest BCUT2D eigenvalue weighted by molar-refractivity contribution is 0.432. The molecule has 0 bridgehead atoms. The van der Waals surface area contributed by atoms with E-state index in [2.05, 4.69) is 15.1 Å². The van der Waals surface area contributed by atoms with Gasteiger partial charge in [0.2, 0.25) is 11.3 Å². The molecule has 0 saturated carbocycles. The van der Waals surface area contributed by atoms with Gasteiger partial charge < -0.3 is 9.51 Å². The third kappa shape index (κ3) is 2.38. The lowest BCUT2D eigenvalue weighted by Gasteiger charge is -2.01. The number of pyridine rings is 1. The number of nitrogens with zero attached hydrogens (tertiary/aromatic N) is 2. The number of aromatic nitrogens is 3. The van der Waals surface area contributed by atoms with Crippen molar-refractivity contribution in [2.24, 2.45) is 0 Å². The molecule has 5 nitrogen and oxygen atoms in total. The van der Waals surface area contributed by atoms with Gasteiger partial charge >= 0.3 is 0 Å². The molecule has 0 unspecified atom stereocenters. The number of halogens is 1. The first-order valence-electron chi connectivity index (χ1n) is 7.34. The van der Waals surface area contributed by atoms with Gasteiger partial charge in [-0.05, 0) is 43.3 Å². The molecule has 0 atom stereocenters. The Balaban J connectivity index is 1.82. The van der Waals surface area contributed by atoms with E-state index in [0.29, 0.717) is 22.3 Å². The summed E-state index contributed by atoms with van der Waals surface area (Å²) in [6, 6.07) is 11.3. The molecule has 118 valence electrons. The van der Waals surface area contributed by atoms with E-state index >= 15 is 0 Å². The number of hydrogen-bond donors (Lipinski definition) is 1. The fourth-order valence-corrected chi connectivity index (χ4v) is 2.54. The quantitative estimate of drug-likeness (QED) is 0.611. The minimum absolute atomic E-state index is 0.124. The molecule has 1 N–H and O–H groups in total. The topological polar surface area (TPSA) is 71.8 Å². The largest absolute Gasteiger partial charge is 0.360 e. The Hall–Kier alpha value is -3.28. The molecule has 0 spiro atoms. The molecule has 0 amide bonds. The molecule has 2 heterocycles. The zero-order valence-corrected chi connectivity index (χ0v) is 12.7. The molecular weight excluding hydrogens is 309 g/mol. The Morgan fingerprint density at radius 1 is 1.12 bits per heavy atom. The van der Waals surface area contributed by atoms with Crippen LogP contribution in [0.3, 0.4) is 0 Å². The van der Waals surface area contributed by atoms with Crippen LogP contribution >= 0.6 is 0 Å². The fourth-order valence-electron chi connectivity index (χ4n) is 2.54. The van der Waals surface area contributed by atoms with Crippen molar-refractivity contribution in [3.05, 3.63) is 70.3 Å². The summed E-state index contributed by atoms with van der Waals surface area (Å²) in [6.07, 6.45) is 1.56. The van der Waals surface area contributed by atoms with E-state index in [1.807, 2.05) is 25.1 Å². The van der Waals surface area contributed by atoms with Gasteiger partial charge in [-0.15, -0.1) is 0 Å². The number of fused-ring (bicyclic) bond motifs is 1. The average Bonchev–Trinajstić information content (AvgIpc) is 3.06. The van der Waals surface area contributed by atoms with Gasteiger partial charge in [-0.2, -0.15) is 4.98 Å². The molecule has 0 saturated heterocycles. The second-order valence-corrected chi connectivity index (χ2v) is 5.51. The van der Waals surface area contributed by atoms with Crippen LogP contribution in [-0.2, 0) is 0 Å². The van der Waals surface area contributed by atoms with Gasteiger partial charge in [0.25, 0.3) is 5.89 Å². The molecule has 2 aromatic heterocycles. The molecule has 6 heteroatoms. The smallest absolute Gasteiger partial charge is 0.263 e. The average molecular weight is 321 g/mol. The van der Waals surface area contributed by atoms with E-state index in [0.717, 1.165) is 11.1 Å². The van der Waals surface area contributed by atoms with Crippen molar-refractivity contribution < 1.29 is 8.91 Å². The van der Waals surface area contributed by atoms with Crippen LogP contribution in [0, 0.1) is 12.7 Å². The molecular formula is C18H12FN3O2. The van der Waals surface area contributed by atoms with Crippen molar-refractivity contribution in [2.75, 3.05) is 0 Å². The van der Waals surface area contributed by atoms with E-state index in [4.69, 9.17) is 4.52 Å². The van der Waals surface area contributed by atoms with E-state index in [1.165, 1.54) is 12.1 Å². The Labute approximate surface area is 135 Å². The van der Waals surface area contributed by atoms with Gasteiger partial charge in [0.05, 0.1) is 0 Å². The Bertz CT molecular complexity index is 1100. The number of H-pyrrole nitrogens is 1. The van der Waals surface area contributed by atoms with Crippen molar-refractivity contribution in [1.29, 1.82) is 0 Å². The first-order valence-corrected chi connectivity index (χ1v) is 7.34. The Morgan fingerprint density at radius 2 is 1.92 bits per heavy atom. The summed E-state index contributed by atoms with van der Waals surface area (Å²) >= 11 is 0. The SMILES string of the molecule is Cc1ccc2[nH]cc(-c3nc(-c4ccc(F)cc4)no3)c(=O)c2c1. The minimum Gasteiger partial charge on any atom is -0.360 e. The maximum Gasteiger partial charge on any atom is 0.263 e. The summed E-state index contributed by atoms with van der Waals surface area (Å²) in [5.41, 5.74) is 2.46. The van der Waals surface area contributed by atoms with Gasteiger partial charge in [-0.1, -0.05) is 16.8 Å². The summed E-state index contributed by atoms with van der Waals surface area (Å²) < 4.78 is 18.2. The van der Waals surface area contributed by atoms with Crippen molar-refractivity contribution in [3.8, 4) is 22.8 Å². The number of benzene rings is 2. The van der Waals surface area contributed by atoms with E-state index in [-0.39, 0.29) is 17.1 Å². The van der Waals surface area contributed by atoms with Gasteiger partial charge in [-0.25, -0.2) is 4.39 Å². The fraction of sp³-hybridized carbons (Fsp3) is 0.0556. The van der Waals surface area contributed by atoms with Crippen LogP contribution in [0.4, 0.5) is 4.39 Å². The first kappa shape index (κ1) is 14.3. The van der Waals surface area contributed by atoms with Crippen molar-refractivity contribution in [3.63, 3.8) is 0 Å². The maximum absolute atomic E-state index is 13.0. The van der Waals surface area contributed by atoms with Crippen LogP contribution in [-0.4, -0.2) is 15.1 Å². The highest BCUT2D eigenvalue weighted by atomic mass is 19.1. The second kappa shape index (κ2) is 5.42. The van der Waals surface area contributed by atoms with E-state index < -0.39 is 0 Å². The minimum atomic E-state index is -0.344. The van der Waals surface area contributed by atoms with Crippen molar-refractivity contribution in [1.82, 2.24) is 15.1 Å². The maximum atomic E-state index is 13.0. The highest BCUT2D eigenvalue weighted by molar-refractivity contribution is 5.82. The normalized spacial score (nSPS) is 11.1. The van der Waals surface area contributed by atoms with Gasteiger partial charge in [0, 0.05) is 22.7 Å². The molecule has 4 aromatic rings. The van der Waals surface area contributed by atoms with Crippen LogP contribution in [0.5, 0.6) is 0 Å². The van der Waals surface area contributed by atoms with Crippen LogP contribution in [0.2, 0.25) is 0 Å². The zero-order chi connectivity index (χ0) is 16.7. The van der Waals surface area contributed by atoms with Crippen LogP contribution in [0.1, 0.15) is 5.56 Å². The molecule has 2 aromatic carbocycles. The Kier molecular flexibility index (Phi) is 3.23. The lowest BCUT2D eigenvalue weighted by atomic mass is 10.1. The number of aryl methyl sites for hydroxylation is 1. The molecule has 24 heavy (non-hydrogen) atoms. The highest BCUT2D eigenvalue weighted by Gasteiger charge is 2.15. The molecule has 0 aliphatic heterocycles. The predicted octanol–water partition coefficient (Wildman–Crippen LogP) is 3.69. The zero-order valence-electron chi connectivity index (χ0n) is 12.7. The molecule has 0 aliphatic carbocycles. The number of nitrogens with one attached hydrogen (secondary N) is 1.